The molecule has 0 bridgehead atoms. The van der Waals surface area contributed by atoms with Gasteiger partial charge in [-0.2, -0.15) is 0 Å². The van der Waals surface area contributed by atoms with Crippen LogP contribution in [-0.2, 0) is 4.79 Å². The molecule has 1 saturated heterocycles. The molecule has 1 N–H and O–H groups in total. The second kappa shape index (κ2) is 4.52. The Hall–Kier alpha value is -0.570. The standard InChI is InChI=1S/C12H23NO2/c1-9-10(11(14)15)6-5-7-13(9)8-12(2,3)4/h9-10H,5-8H2,1-4H3,(H,14,15). The van der Waals surface area contributed by atoms with E-state index in [0.29, 0.717) is 0 Å². The second-order valence-corrected chi connectivity index (χ2v) is 5.86. The fraction of sp³-hybridized carbons (Fsp3) is 0.917. The molecular weight excluding hydrogens is 190 g/mol. The van der Waals surface area contributed by atoms with Crippen molar-refractivity contribution in [1.29, 1.82) is 0 Å². The molecule has 1 fully saturated rings. The van der Waals surface area contributed by atoms with Crippen LogP contribution >= 0.6 is 0 Å². The number of rotatable bonds is 2. The molecule has 2 unspecified atom stereocenters. The molecule has 3 heteroatoms. The van der Waals surface area contributed by atoms with Crippen LogP contribution in [-0.4, -0.2) is 35.1 Å². The zero-order valence-electron chi connectivity index (χ0n) is 10.3. The van der Waals surface area contributed by atoms with Crippen LogP contribution in [0.3, 0.4) is 0 Å². The van der Waals surface area contributed by atoms with Crippen LogP contribution in [0, 0.1) is 11.3 Å². The minimum absolute atomic E-state index is 0.176. The fourth-order valence-electron chi connectivity index (χ4n) is 2.38. The van der Waals surface area contributed by atoms with Crippen molar-refractivity contribution in [2.45, 2.75) is 46.6 Å². The van der Waals surface area contributed by atoms with E-state index in [1.807, 2.05) is 6.92 Å². The van der Waals surface area contributed by atoms with Crippen molar-refractivity contribution in [3.63, 3.8) is 0 Å². The Kier molecular flexibility index (Phi) is 3.77. The van der Waals surface area contributed by atoms with Crippen molar-refractivity contribution < 1.29 is 9.90 Å². The highest BCUT2D eigenvalue weighted by Crippen LogP contribution is 2.27. The van der Waals surface area contributed by atoms with Crippen LogP contribution in [0.1, 0.15) is 40.5 Å². The van der Waals surface area contributed by atoms with E-state index in [0.717, 1.165) is 25.9 Å². The normalized spacial score (nSPS) is 29.1. The van der Waals surface area contributed by atoms with Gasteiger partial charge in [-0.25, -0.2) is 0 Å². The van der Waals surface area contributed by atoms with Gasteiger partial charge in [-0.05, 0) is 31.7 Å². The first kappa shape index (κ1) is 12.5. The molecule has 1 aliphatic rings. The number of hydrogen-bond acceptors (Lipinski definition) is 2. The lowest BCUT2D eigenvalue weighted by Gasteiger charge is -2.40. The van der Waals surface area contributed by atoms with Crippen molar-refractivity contribution in [3.8, 4) is 0 Å². The summed E-state index contributed by atoms with van der Waals surface area (Å²) >= 11 is 0. The third kappa shape index (κ3) is 3.49. The van der Waals surface area contributed by atoms with Crippen molar-refractivity contribution in [1.82, 2.24) is 4.90 Å². The van der Waals surface area contributed by atoms with E-state index in [4.69, 9.17) is 5.11 Å². The smallest absolute Gasteiger partial charge is 0.308 e. The van der Waals surface area contributed by atoms with Gasteiger partial charge in [0.15, 0.2) is 0 Å². The maximum atomic E-state index is 11.0. The molecule has 0 aromatic rings. The molecule has 2 atom stereocenters. The quantitative estimate of drug-likeness (QED) is 0.764. The SMILES string of the molecule is CC1C(C(=O)O)CCCN1CC(C)(C)C. The summed E-state index contributed by atoms with van der Waals surface area (Å²) in [5.41, 5.74) is 0.245. The van der Waals surface area contributed by atoms with Crippen LogP contribution in [0.25, 0.3) is 0 Å². The van der Waals surface area contributed by atoms with Crippen molar-refractivity contribution in [2.24, 2.45) is 11.3 Å². The molecule has 0 amide bonds. The molecular formula is C12H23NO2. The Balaban J connectivity index is 2.62. The summed E-state index contributed by atoms with van der Waals surface area (Å²) in [4.78, 5) is 13.4. The summed E-state index contributed by atoms with van der Waals surface area (Å²) in [6.07, 6.45) is 1.84. The molecule has 1 rings (SSSR count). The van der Waals surface area contributed by atoms with Gasteiger partial charge in [0.2, 0.25) is 0 Å². The molecule has 88 valence electrons. The lowest BCUT2D eigenvalue weighted by Crippen LogP contribution is -2.49. The molecule has 0 saturated carbocycles. The number of likely N-dealkylation sites (tertiary alicyclic amines) is 1. The highest BCUT2D eigenvalue weighted by atomic mass is 16.4. The van der Waals surface area contributed by atoms with E-state index in [1.54, 1.807) is 0 Å². The maximum Gasteiger partial charge on any atom is 0.308 e. The Morgan fingerprint density at radius 2 is 2.07 bits per heavy atom. The van der Waals surface area contributed by atoms with E-state index in [-0.39, 0.29) is 17.4 Å². The van der Waals surface area contributed by atoms with Crippen LogP contribution in [0.5, 0.6) is 0 Å². The molecule has 1 heterocycles. The van der Waals surface area contributed by atoms with Gasteiger partial charge in [0.05, 0.1) is 5.92 Å². The molecule has 0 radical (unpaired) electrons. The van der Waals surface area contributed by atoms with E-state index in [2.05, 4.69) is 25.7 Å². The average Bonchev–Trinajstić information content (AvgIpc) is 2.05. The first-order chi connectivity index (χ1) is 6.81. The van der Waals surface area contributed by atoms with Crippen molar-refractivity contribution >= 4 is 5.97 Å². The minimum Gasteiger partial charge on any atom is -0.481 e. The zero-order valence-corrected chi connectivity index (χ0v) is 10.3. The van der Waals surface area contributed by atoms with E-state index in [9.17, 15) is 4.79 Å². The first-order valence-corrected chi connectivity index (χ1v) is 5.78. The number of carbonyl (C=O) groups is 1. The molecule has 0 aromatic carbocycles. The molecule has 0 aliphatic carbocycles. The van der Waals surface area contributed by atoms with Crippen molar-refractivity contribution in [2.75, 3.05) is 13.1 Å². The van der Waals surface area contributed by atoms with Gasteiger partial charge in [0, 0.05) is 12.6 Å². The summed E-state index contributed by atoms with van der Waals surface area (Å²) in [5, 5.41) is 9.10. The molecule has 3 nitrogen and oxygen atoms in total. The van der Waals surface area contributed by atoms with E-state index < -0.39 is 5.97 Å². The summed E-state index contributed by atoms with van der Waals surface area (Å²) < 4.78 is 0. The monoisotopic (exact) mass is 213 g/mol. The fourth-order valence-corrected chi connectivity index (χ4v) is 2.38. The molecule has 0 aromatic heterocycles. The third-order valence-corrected chi connectivity index (χ3v) is 3.11. The van der Waals surface area contributed by atoms with Crippen molar-refractivity contribution in [3.05, 3.63) is 0 Å². The van der Waals surface area contributed by atoms with Gasteiger partial charge in [0.25, 0.3) is 0 Å². The zero-order chi connectivity index (χ0) is 11.6. The lowest BCUT2D eigenvalue weighted by molar-refractivity contribution is -0.146. The largest absolute Gasteiger partial charge is 0.481 e. The second-order valence-electron chi connectivity index (χ2n) is 5.86. The number of carboxylic acid groups (broad SMARTS) is 1. The van der Waals surface area contributed by atoms with Gasteiger partial charge < -0.3 is 5.11 Å². The molecule has 15 heavy (non-hydrogen) atoms. The first-order valence-electron chi connectivity index (χ1n) is 5.78. The van der Waals surface area contributed by atoms with Gasteiger partial charge in [-0.3, -0.25) is 9.69 Å². The van der Waals surface area contributed by atoms with Crippen LogP contribution in [0.4, 0.5) is 0 Å². The Labute approximate surface area is 92.5 Å². The summed E-state index contributed by atoms with van der Waals surface area (Å²) in [6.45, 7) is 10.7. The Bertz CT molecular complexity index is 232. The van der Waals surface area contributed by atoms with Gasteiger partial charge in [-0.1, -0.05) is 20.8 Å². The van der Waals surface area contributed by atoms with Crippen LogP contribution in [0.2, 0.25) is 0 Å². The predicted octanol–water partition coefficient (Wildman–Crippen LogP) is 2.22. The number of hydrogen-bond donors (Lipinski definition) is 1. The minimum atomic E-state index is -0.638. The Morgan fingerprint density at radius 1 is 1.47 bits per heavy atom. The lowest BCUT2D eigenvalue weighted by atomic mass is 9.87. The summed E-state index contributed by atoms with van der Waals surface area (Å²) in [5.74, 6) is -0.817. The van der Waals surface area contributed by atoms with Gasteiger partial charge in [-0.15, -0.1) is 0 Å². The van der Waals surface area contributed by atoms with Crippen LogP contribution < -0.4 is 0 Å². The molecule has 0 spiro atoms. The van der Waals surface area contributed by atoms with Crippen LogP contribution in [0.15, 0.2) is 0 Å². The highest BCUT2D eigenvalue weighted by molar-refractivity contribution is 5.70. The highest BCUT2D eigenvalue weighted by Gasteiger charge is 2.34. The average molecular weight is 213 g/mol. The molecule has 1 aliphatic heterocycles. The van der Waals surface area contributed by atoms with Gasteiger partial charge in [0.1, 0.15) is 0 Å². The number of carboxylic acids is 1. The summed E-state index contributed by atoms with van der Waals surface area (Å²) in [6, 6.07) is 0.176. The Morgan fingerprint density at radius 3 is 2.53 bits per heavy atom. The summed E-state index contributed by atoms with van der Waals surface area (Å²) in [7, 11) is 0. The number of nitrogens with zero attached hydrogens (tertiary/aromatic N) is 1. The maximum absolute atomic E-state index is 11.0. The van der Waals surface area contributed by atoms with E-state index in [1.165, 1.54) is 0 Å². The topological polar surface area (TPSA) is 40.5 Å². The predicted molar refractivity (Wildman–Crippen MR) is 60.8 cm³/mol. The van der Waals surface area contributed by atoms with E-state index >= 15 is 0 Å². The number of piperidine rings is 1. The number of aliphatic carboxylic acids is 1. The third-order valence-electron chi connectivity index (χ3n) is 3.11. The van der Waals surface area contributed by atoms with Gasteiger partial charge >= 0.3 is 5.97 Å².